The lowest BCUT2D eigenvalue weighted by atomic mass is 10.1. The molecule has 6 heteroatoms. The molecule has 1 aromatic carbocycles. The average molecular weight is 391 g/mol. The minimum Gasteiger partial charge on any atom is -0.369 e. The Morgan fingerprint density at radius 3 is 2.63 bits per heavy atom. The molecule has 0 atom stereocenters. The quantitative estimate of drug-likeness (QED) is 0.678. The Balaban J connectivity index is 1.35. The van der Waals surface area contributed by atoms with Gasteiger partial charge in [0.05, 0.1) is 12.2 Å². The Morgan fingerprint density at radius 2 is 1.96 bits per heavy atom. The van der Waals surface area contributed by atoms with Crippen molar-refractivity contribution in [1.29, 1.82) is 0 Å². The second-order valence-corrected chi connectivity index (χ2v) is 8.21. The van der Waals surface area contributed by atoms with Crippen LogP contribution in [0.5, 0.6) is 0 Å². The van der Waals surface area contributed by atoms with E-state index in [0.29, 0.717) is 5.92 Å². The lowest BCUT2D eigenvalue weighted by Gasteiger charge is -2.36. The molecule has 1 aromatic heterocycles. The van der Waals surface area contributed by atoms with Gasteiger partial charge in [-0.3, -0.25) is 9.80 Å². The summed E-state index contributed by atoms with van der Waals surface area (Å²) in [5, 5.41) is 4.95. The molecule has 148 valence electrons. The van der Waals surface area contributed by atoms with Crippen LogP contribution in [-0.2, 0) is 6.54 Å². The lowest BCUT2D eigenvalue weighted by Crippen LogP contribution is -2.47. The fraction of sp³-hybridized carbons (Fsp3) is 0.571. The van der Waals surface area contributed by atoms with E-state index in [9.17, 15) is 0 Å². The largest absolute Gasteiger partial charge is 0.369 e. The molecule has 0 spiro atoms. The second kappa shape index (κ2) is 9.58. The minimum absolute atomic E-state index is 0.415. The number of aromatic nitrogens is 1. The first-order valence-corrected chi connectivity index (χ1v) is 10.3. The number of rotatable bonds is 8. The molecule has 0 amide bonds. The molecule has 3 rings (SSSR count). The first kappa shape index (κ1) is 20.2. The molecule has 5 nitrogen and oxygen atoms in total. The zero-order valence-electron chi connectivity index (χ0n) is 16.7. The monoisotopic (exact) mass is 390 g/mol. The second-order valence-electron chi connectivity index (χ2n) is 7.77. The first-order valence-electron chi connectivity index (χ1n) is 9.88. The van der Waals surface area contributed by atoms with Gasteiger partial charge < -0.3 is 9.42 Å². The van der Waals surface area contributed by atoms with Crippen molar-refractivity contribution < 1.29 is 4.52 Å². The molecular weight excluding hydrogens is 360 g/mol. The summed E-state index contributed by atoms with van der Waals surface area (Å²) in [4.78, 5) is 7.29. The Labute approximate surface area is 167 Å². The summed E-state index contributed by atoms with van der Waals surface area (Å²) in [5.41, 5.74) is 2.27. The van der Waals surface area contributed by atoms with Crippen LogP contribution in [0.4, 0.5) is 5.69 Å². The van der Waals surface area contributed by atoms with Gasteiger partial charge in [-0.05, 0) is 50.7 Å². The number of halogens is 1. The van der Waals surface area contributed by atoms with Crippen molar-refractivity contribution in [2.24, 2.45) is 0 Å². The Morgan fingerprint density at radius 1 is 1.19 bits per heavy atom. The van der Waals surface area contributed by atoms with Gasteiger partial charge in [-0.15, -0.1) is 0 Å². The smallest absolute Gasteiger partial charge is 0.150 e. The normalized spacial score (nSPS) is 15.9. The molecule has 1 saturated heterocycles. The summed E-state index contributed by atoms with van der Waals surface area (Å²) in [7, 11) is 2.15. The third kappa shape index (κ3) is 5.96. The van der Waals surface area contributed by atoms with E-state index in [1.165, 1.54) is 12.1 Å². The molecule has 0 bridgehead atoms. The van der Waals surface area contributed by atoms with Gasteiger partial charge in [0.25, 0.3) is 0 Å². The minimum atomic E-state index is 0.415. The van der Waals surface area contributed by atoms with E-state index in [-0.39, 0.29) is 0 Å². The summed E-state index contributed by atoms with van der Waals surface area (Å²) in [6.45, 7) is 11.6. The number of hydrogen-bond donors (Lipinski definition) is 0. The molecule has 1 aliphatic heterocycles. The topological polar surface area (TPSA) is 35.8 Å². The lowest BCUT2D eigenvalue weighted by molar-refractivity contribution is 0.222. The maximum atomic E-state index is 6.11. The molecule has 27 heavy (non-hydrogen) atoms. The average Bonchev–Trinajstić information content (AvgIpc) is 3.11. The van der Waals surface area contributed by atoms with Gasteiger partial charge in [0.2, 0.25) is 0 Å². The van der Waals surface area contributed by atoms with Crippen LogP contribution in [0.2, 0.25) is 5.02 Å². The number of benzene rings is 1. The fourth-order valence-electron chi connectivity index (χ4n) is 3.49. The first-order chi connectivity index (χ1) is 13.0. The molecule has 0 saturated carbocycles. The van der Waals surface area contributed by atoms with Crippen LogP contribution >= 0.6 is 11.6 Å². The Kier molecular flexibility index (Phi) is 7.16. The van der Waals surface area contributed by atoms with E-state index in [0.717, 1.165) is 62.3 Å². The zero-order chi connectivity index (χ0) is 19.2. The van der Waals surface area contributed by atoms with E-state index >= 15 is 0 Å². The predicted molar refractivity (Wildman–Crippen MR) is 112 cm³/mol. The molecule has 0 unspecified atom stereocenters. The van der Waals surface area contributed by atoms with Gasteiger partial charge >= 0.3 is 0 Å². The molecule has 2 heterocycles. The van der Waals surface area contributed by atoms with Gasteiger partial charge in [-0.2, -0.15) is 0 Å². The van der Waals surface area contributed by atoms with Crippen molar-refractivity contribution in [3.63, 3.8) is 0 Å². The maximum Gasteiger partial charge on any atom is 0.150 e. The highest BCUT2D eigenvalue weighted by Crippen LogP contribution is 2.21. The van der Waals surface area contributed by atoms with Crippen LogP contribution in [0.25, 0.3) is 0 Å². The molecule has 0 aliphatic carbocycles. The summed E-state index contributed by atoms with van der Waals surface area (Å²) >= 11 is 6.11. The fourth-order valence-corrected chi connectivity index (χ4v) is 3.67. The van der Waals surface area contributed by atoms with Crippen LogP contribution in [0, 0.1) is 0 Å². The summed E-state index contributed by atoms with van der Waals surface area (Å²) < 4.78 is 5.44. The van der Waals surface area contributed by atoms with Gasteiger partial charge in [-0.25, -0.2) is 0 Å². The van der Waals surface area contributed by atoms with Crippen LogP contribution in [0.1, 0.15) is 37.6 Å². The Bertz CT molecular complexity index is 710. The van der Waals surface area contributed by atoms with Crippen molar-refractivity contribution in [1.82, 2.24) is 15.0 Å². The molecular formula is C21H31ClN4O. The van der Waals surface area contributed by atoms with Crippen LogP contribution in [0.3, 0.4) is 0 Å². The third-order valence-corrected chi connectivity index (χ3v) is 5.39. The highest BCUT2D eigenvalue weighted by molar-refractivity contribution is 6.30. The van der Waals surface area contributed by atoms with Crippen LogP contribution < -0.4 is 4.90 Å². The highest BCUT2D eigenvalue weighted by Gasteiger charge is 2.17. The molecule has 0 radical (unpaired) electrons. The van der Waals surface area contributed by atoms with Crippen molar-refractivity contribution >= 4 is 17.3 Å². The van der Waals surface area contributed by atoms with Gasteiger partial charge in [-0.1, -0.05) is 36.7 Å². The predicted octanol–water partition coefficient (Wildman–Crippen LogP) is 4.10. The van der Waals surface area contributed by atoms with E-state index in [1.54, 1.807) is 0 Å². The molecule has 1 fully saturated rings. The Hall–Kier alpha value is -1.56. The molecule has 0 N–H and O–H groups in total. The standard InChI is InChI=1S/C21H31ClN4O/c1-17(2)21-15-20(27-23-21)16-24(3)8-5-9-25-10-12-26(13-11-25)19-7-4-6-18(22)14-19/h4,6-7,14-15,17H,5,8-13,16H2,1-3H3. The number of hydrogen-bond acceptors (Lipinski definition) is 5. The van der Waals surface area contributed by atoms with E-state index < -0.39 is 0 Å². The molecule has 2 aromatic rings. The van der Waals surface area contributed by atoms with Crippen molar-refractivity contribution in [3.05, 3.63) is 46.8 Å². The number of anilines is 1. The van der Waals surface area contributed by atoms with Crippen LogP contribution in [-0.4, -0.2) is 61.3 Å². The number of piperazine rings is 1. The summed E-state index contributed by atoms with van der Waals surface area (Å²) in [6, 6.07) is 10.2. The third-order valence-electron chi connectivity index (χ3n) is 5.15. The van der Waals surface area contributed by atoms with Crippen molar-refractivity contribution in [3.8, 4) is 0 Å². The van der Waals surface area contributed by atoms with Crippen LogP contribution in [0.15, 0.2) is 34.9 Å². The molecule has 1 aliphatic rings. The van der Waals surface area contributed by atoms with Crippen molar-refractivity contribution in [2.75, 3.05) is 51.2 Å². The maximum absolute atomic E-state index is 6.11. The van der Waals surface area contributed by atoms with E-state index in [2.05, 4.69) is 59.0 Å². The van der Waals surface area contributed by atoms with E-state index in [4.69, 9.17) is 16.1 Å². The zero-order valence-corrected chi connectivity index (χ0v) is 17.5. The van der Waals surface area contributed by atoms with Crippen molar-refractivity contribution in [2.45, 2.75) is 32.7 Å². The summed E-state index contributed by atoms with van der Waals surface area (Å²) in [5.74, 6) is 1.37. The summed E-state index contributed by atoms with van der Waals surface area (Å²) in [6.07, 6.45) is 1.17. The van der Waals surface area contributed by atoms with E-state index in [1.807, 2.05) is 12.1 Å². The highest BCUT2D eigenvalue weighted by atomic mass is 35.5. The number of nitrogens with zero attached hydrogens (tertiary/aromatic N) is 4. The van der Waals surface area contributed by atoms with Gasteiger partial charge in [0.1, 0.15) is 0 Å². The van der Waals surface area contributed by atoms with Gasteiger partial charge in [0.15, 0.2) is 5.76 Å². The SMILES string of the molecule is CC(C)c1cc(CN(C)CCCN2CCN(c3cccc(Cl)c3)CC2)on1. The van der Waals surface area contributed by atoms with Gasteiger partial charge in [0, 0.05) is 43.0 Å².